The second-order valence-electron chi connectivity index (χ2n) is 6.78. The van der Waals surface area contributed by atoms with Gasteiger partial charge in [-0.3, -0.25) is 4.79 Å². The van der Waals surface area contributed by atoms with E-state index in [-0.39, 0.29) is 5.78 Å². The highest BCUT2D eigenvalue weighted by Crippen LogP contribution is 2.35. The molecule has 0 radical (unpaired) electrons. The minimum absolute atomic E-state index is 0.0294. The number of Topliss-reactive ketones (excluding diaryl/α,β-unsaturated/α-hetero) is 1. The summed E-state index contributed by atoms with van der Waals surface area (Å²) in [4.78, 5) is 20.2. The lowest BCUT2D eigenvalue weighted by atomic mass is 10.1. The van der Waals surface area contributed by atoms with Crippen LogP contribution < -0.4 is 14.8 Å². The number of anilines is 2. The third-order valence-corrected chi connectivity index (χ3v) is 4.71. The van der Waals surface area contributed by atoms with Crippen LogP contribution in [0.1, 0.15) is 22.8 Å². The summed E-state index contributed by atoms with van der Waals surface area (Å²) in [6, 6.07) is 20.9. The molecule has 4 rings (SSSR count). The van der Waals surface area contributed by atoms with E-state index in [1.54, 1.807) is 26.2 Å². The number of hydrogen-bond donors (Lipinski definition) is 1. The number of carbonyl (C=O) groups excluding carboxylic acids is 1. The Morgan fingerprint density at radius 1 is 0.967 bits per heavy atom. The SMILES string of the molecule is COc1cc2c(Nc3ccc(C(C)=O)cc3)ncnc2cc1OCc1ccccc1. The number of aromatic nitrogens is 2. The summed E-state index contributed by atoms with van der Waals surface area (Å²) >= 11 is 0. The highest BCUT2D eigenvalue weighted by molar-refractivity contribution is 5.95. The predicted octanol–water partition coefficient (Wildman–Crippen LogP) is 5.16. The average molecular weight is 399 g/mol. The van der Waals surface area contributed by atoms with Crippen LogP contribution in [-0.2, 0) is 6.61 Å². The molecular weight excluding hydrogens is 378 g/mol. The number of nitrogens with zero attached hydrogens (tertiary/aromatic N) is 2. The summed E-state index contributed by atoms with van der Waals surface area (Å²) in [5, 5.41) is 4.09. The highest BCUT2D eigenvalue weighted by atomic mass is 16.5. The van der Waals surface area contributed by atoms with Crippen molar-refractivity contribution < 1.29 is 14.3 Å². The Balaban J connectivity index is 1.63. The van der Waals surface area contributed by atoms with Crippen molar-refractivity contribution in [1.29, 1.82) is 0 Å². The molecule has 0 saturated heterocycles. The molecule has 0 atom stereocenters. The van der Waals surface area contributed by atoms with Gasteiger partial charge in [-0.25, -0.2) is 9.97 Å². The van der Waals surface area contributed by atoms with Crippen LogP contribution in [-0.4, -0.2) is 22.9 Å². The van der Waals surface area contributed by atoms with Gasteiger partial charge < -0.3 is 14.8 Å². The molecular formula is C24H21N3O3. The molecule has 0 aliphatic heterocycles. The number of ketones is 1. The molecule has 150 valence electrons. The molecule has 30 heavy (non-hydrogen) atoms. The van der Waals surface area contributed by atoms with E-state index in [4.69, 9.17) is 9.47 Å². The summed E-state index contributed by atoms with van der Waals surface area (Å²) < 4.78 is 11.5. The van der Waals surface area contributed by atoms with Gasteiger partial charge in [0, 0.05) is 22.7 Å². The standard InChI is InChI=1S/C24H21N3O3/c1-16(28)18-8-10-19(11-9-18)27-24-20-12-22(29-2)23(13-21(20)25-15-26-24)30-14-17-6-4-3-5-7-17/h3-13,15H,14H2,1-2H3,(H,25,26,27). The third kappa shape index (κ3) is 4.22. The van der Waals surface area contributed by atoms with Gasteiger partial charge >= 0.3 is 0 Å². The zero-order valence-electron chi connectivity index (χ0n) is 16.8. The van der Waals surface area contributed by atoms with Gasteiger partial charge in [0.25, 0.3) is 0 Å². The monoisotopic (exact) mass is 399 g/mol. The van der Waals surface area contributed by atoms with Crippen molar-refractivity contribution in [3.8, 4) is 11.5 Å². The summed E-state index contributed by atoms with van der Waals surface area (Å²) in [7, 11) is 1.61. The lowest BCUT2D eigenvalue weighted by Crippen LogP contribution is -2.00. The van der Waals surface area contributed by atoms with Crippen LogP contribution in [0, 0.1) is 0 Å². The number of benzene rings is 3. The molecule has 0 spiro atoms. The first-order chi connectivity index (χ1) is 14.6. The van der Waals surface area contributed by atoms with Gasteiger partial charge in [-0.2, -0.15) is 0 Å². The maximum absolute atomic E-state index is 11.5. The first kappa shape index (κ1) is 19.4. The second kappa shape index (κ2) is 8.61. The summed E-state index contributed by atoms with van der Waals surface area (Å²) in [5.74, 6) is 1.89. The minimum Gasteiger partial charge on any atom is -0.493 e. The molecule has 6 heteroatoms. The van der Waals surface area contributed by atoms with E-state index >= 15 is 0 Å². The number of fused-ring (bicyclic) bond motifs is 1. The topological polar surface area (TPSA) is 73.3 Å². The molecule has 0 unspecified atom stereocenters. The molecule has 0 bridgehead atoms. The van der Waals surface area contributed by atoms with Crippen molar-refractivity contribution in [1.82, 2.24) is 9.97 Å². The molecule has 1 aromatic heterocycles. The van der Waals surface area contributed by atoms with Crippen LogP contribution in [0.3, 0.4) is 0 Å². The fourth-order valence-electron chi connectivity index (χ4n) is 3.10. The van der Waals surface area contributed by atoms with Crippen molar-refractivity contribution in [2.24, 2.45) is 0 Å². The Bertz CT molecular complexity index is 1180. The van der Waals surface area contributed by atoms with Crippen LogP contribution in [0.2, 0.25) is 0 Å². The molecule has 1 N–H and O–H groups in total. The maximum atomic E-state index is 11.5. The van der Waals surface area contributed by atoms with Gasteiger partial charge in [0.15, 0.2) is 17.3 Å². The first-order valence-electron chi connectivity index (χ1n) is 9.51. The summed E-state index contributed by atoms with van der Waals surface area (Å²) in [5.41, 5.74) is 3.29. The van der Waals surface area contributed by atoms with Gasteiger partial charge in [-0.05, 0) is 42.8 Å². The van der Waals surface area contributed by atoms with E-state index in [2.05, 4.69) is 15.3 Å². The molecule has 0 aliphatic carbocycles. The fourth-order valence-corrected chi connectivity index (χ4v) is 3.10. The van der Waals surface area contributed by atoms with E-state index in [9.17, 15) is 4.79 Å². The Kier molecular flexibility index (Phi) is 5.57. The number of ether oxygens (including phenoxy) is 2. The highest BCUT2D eigenvalue weighted by Gasteiger charge is 2.12. The van der Waals surface area contributed by atoms with Crippen molar-refractivity contribution in [2.75, 3.05) is 12.4 Å². The molecule has 0 fully saturated rings. The van der Waals surface area contributed by atoms with Gasteiger partial charge in [0.05, 0.1) is 12.6 Å². The van der Waals surface area contributed by atoms with Gasteiger partial charge in [-0.15, -0.1) is 0 Å². The van der Waals surface area contributed by atoms with Crippen LogP contribution >= 0.6 is 0 Å². The number of carbonyl (C=O) groups is 1. The van der Waals surface area contributed by atoms with Crippen molar-refractivity contribution in [3.05, 3.63) is 84.2 Å². The molecule has 3 aromatic carbocycles. The molecule has 0 saturated carbocycles. The van der Waals surface area contributed by atoms with Crippen molar-refractivity contribution in [2.45, 2.75) is 13.5 Å². The lowest BCUT2D eigenvalue weighted by Gasteiger charge is -2.14. The predicted molar refractivity (Wildman–Crippen MR) is 117 cm³/mol. The third-order valence-electron chi connectivity index (χ3n) is 4.71. The van der Waals surface area contributed by atoms with Crippen LogP contribution in [0.5, 0.6) is 11.5 Å². The zero-order chi connectivity index (χ0) is 20.9. The number of nitrogens with one attached hydrogen (secondary N) is 1. The second-order valence-corrected chi connectivity index (χ2v) is 6.78. The molecule has 4 aromatic rings. The largest absolute Gasteiger partial charge is 0.493 e. The van der Waals surface area contributed by atoms with Gasteiger partial charge in [0.1, 0.15) is 18.8 Å². The van der Waals surface area contributed by atoms with Gasteiger partial charge in [-0.1, -0.05) is 30.3 Å². The maximum Gasteiger partial charge on any atom is 0.163 e. The Labute approximate surface area is 174 Å². The summed E-state index contributed by atoms with van der Waals surface area (Å²) in [6.45, 7) is 1.98. The van der Waals surface area contributed by atoms with Crippen LogP contribution in [0.4, 0.5) is 11.5 Å². The van der Waals surface area contributed by atoms with Crippen LogP contribution in [0.15, 0.2) is 73.1 Å². The fraction of sp³-hybridized carbons (Fsp3) is 0.125. The quantitative estimate of drug-likeness (QED) is 0.433. The number of methoxy groups -OCH3 is 1. The first-order valence-corrected chi connectivity index (χ1v) is 9.51. The molecule has 0 amide bonds. The molecule has 1 heterocycles. The van der Waals surface area contributed by atoms with E-state index < -0.39 is 0 Å². The zero-order valence-corrected chi connectivity index (χ0v) is 16.8. The Morgan fingerprint density at radius 3 is 2.43 bits per heavy atom. The Hall–Kier alpha value is -3.93. The van der Waals surface area contributed by atoms with Crippen LogP contribution in [0.25, 0.3) is 10.9 Å². The van der Waals surface area contributed by atoms with E-state index in [0.29, 0.717) is 29.5 Å². The normalized spacial score (nSPS) is 10.6. The molecule has 6 nitrogen and oxygen atoms in total. The van der Waals surface area contributed by atoms with Crippen molar-refractivity contribution in [3.63, 3.8) is 0 Å². The molecule has 0 aliphatic rings. The van der Waals surface area contributed by atoms with Gasteiger partial charge in [0.2, 0.25) is 0 Å². The lowest BCUT2D eigenvalue weighted by molar-refractivity contribution is 0.101. The van der Waals surface area contributed by atoms with E-state index in [1.807, 2.05) is 54.6 Å². The minimum atomic E-state index is 0.0294. The Morgan fingerprint density at radius 2 is 1.73 bits per heavy atom. The number of hydrogen-bond acceptors (Lipinski definition) is 6. The number of rotatable bonds is 7. The van der Waals surface area contributed by atoms with E-state index in [1.165, 1.54) is 6.33 Å². The van der Waals surface area contributed by atoms with Crippen molar-refractivity contribution >= 4 is 28.2 Å². The smallest absolute Gasteiger partial charge is 0.163 e. The average Bonchev–Trinajstić information content (AvgIpc) is 2.78. The summed E-state index contributed by atoms with van der Waals surface area (Å²) in [6.07, 6.45) is 1.50. The van der Waals surface area contributed by atoms with E-state index in [0.717, 1.165) is 22.2 Å².